The molecule has 0 aliphatic heterocycles. The first kappa shape index (κ1) is 14.8. The van der Waals surface area contributed by atoms with Crippen molar-refractivity contribution in [2.75, 3.05) is 12.8 Å². The number of amides is 1. The van der Waals surface area contributed by atoms with Crippen molar-refractivity contribution in [1.29, 1.82) is 0 Å². The van der Waals surface area contributed by atoms with Crippen LogP contribution in [0.15, 0.2) is 36.4 Å². The Bertz CT molecular complexity index is 675. The molecule has 0 aliphatic carbocycles. The maximum atomic E-state index is 13.5. The summed E-state index contributed by atoms with van der Waals surface area (Å²) in [6.45, 7) is 0.170. The number of rotatable bonds is 4. The summed E-state index contributed by atoms with van der Waals surface area (Å²) in [6, 6.07) is 7.86. The lowest BCUT2D eigenvalue weighted by Gasteiger charge is -2.09. The van der Waals surface area contributed by atoms with Gasteiger partial charge in [0.05, 0.1) is 18.4 Å². The second kappa shape index (κ2) is 6.21. The van der Waals surface area contributed by atoms with Gasteiger partial charge in [0.2, 0.25) is 0 Å². The van der Waals surface area contributed by atoms with E-state index in [1.807, 2.05) is 0 Å². The molecule has 0 saturated carbocycles. The number of nitrogen functional groups attached to an aromatic ring is 1. The van der Waals surface area contributed by atoms with Gasteiger partial charge >= 0.3 is 0 Å². The Hall–Kier alpha value is -2.63. The number of halogens is 2. The normalized spacial score (nSPS) is 10.2. The molecule has 0 saturated heterocycles. The van der Waals surface area contributed by atoms with Crippen molar-refractivity contribution in [2.24, 2.45) is 0 Å². The first-order chi connectivity index (χ1) is 10.0. The Labute approximate surface area is 120 Å². The molecule has 110 valence electrons. The number of nitrogens with two attached hydrogens (primary N) is 1. The highest BCUT2D eigenvalue weighted by molar-refractivity contribution is 5.94. The molecule has 0 heterocycles. The van der Waals surface area contributed by atoms with Crippen LogP contribution in [0.2, 0.25) is 0 Å². The molecule has 1 amide bonds. The summed E-state index contributed by atoms with van der Waals surface area (Å²) >= 11 is 0. The number of methoxy groups -OCH3 is 1. The van der Waals surface area contributed by atoms with Crippen molar-refractivity contribution >= 4 is 11.6 Å². The Balaban J connectivity index is 2.05. The summed E-state index contributed by atoms with van der Waals surface area (Å²) in [7, 11) is 1.50. The molecule has 2 aromatic carbocycles. The van der Waals surface area contributed by atoms with Crippen LogP contribution in [0.3, 0.4) is 0 Å². The van der Waals surface area contributed by atoms with Crippen molar-refractivity contribution < 1.29 is 18.3 Å². The summed E-state index contributed by atoms with van der Waals surface area (Å²) in [6.07, 6.45) is 0. The topological polar surface area (TPSA) is 64.3 Å². The zero-order valence-electron chi connectivity index (χ0n) is 11.3. The second-order valence-electron chi connectivity index (χ2n) is 4.38. The van der Waals surface area contributed by atoms with Gasteiger partial charge < -0.3 is 15.8 Å². The van der Waals surface area contributed by atoms with Gasteiger partial charge in [-0.1, -0.05) is 6.07 Å². The summed E-state index contributed by atoms with van der Waals surface area (Å²) < 4.78 is 31.3. The molecule has 0 radical (unpaired) electrons. The van der Waals surface area contributed by atoms with Crippen LogP contribution in [0, 0.1) is 11.6 Å². The number of ether oxygens (including phenoxy) is 1. The third kappa shape index (κ3) is 3.47. The SMILES string of the molecule is COc1ccc(CNC(=O)c2ccc(F)cc2F)cc1N. The van der Waals surface area contributed by atoms with Gasteiger partial charge in [-0.15, -0.1) is 0 Å². The van der Waals surface area contributed by atoms with E-state index in [1.54, 1.807) is 18.2 Å². The quantitative estimate of drug-likeness (QED) is 0.851. The highest BCUT2D eigenvalue weighted by Gasteiger charge is 2.12. The largest absolute Gasteiger partial charge is 0.495 e. The Morgan fingerprint density at radius 3 is 2.62 bits per heavy atom. The van der Waals surface area contributed by atoms with E-state index in [9.17, 15) is 13.6 Å². The molecule has 21 heavy (non-hydrogen) atoms. The molecule has 0 unspecified atom stereocenters. The second-order valence-corrected chi connectivity index (χ2v) is 4.38. The van der Waals surface area contributed by atoms with Crippen LogP contribution >= 0.6 is 0 Å². The number of carbonyl (C=O) groups excluding carboxylic acids is 1. The van der Waals surface area contributed by atoms with Crippen LogP contribution in [0.25, 0.3) is 0 Å². The van der Waals surface area contributed by atoms with E-state index < -0.39 is 17.5 Å². The summed E-state index contributed by atoms with van der Waals surface area (Å²) in [5, 5.41) is 2.54. The highest BCUT2D eigenvalue weighted by Crippen LogP contribution is 2.21. The van der Waals surface area contributed by atoms with E-state index in [4.69, 9.17) is 10.5 Å². The minimum Gasteiger partial charge on any atom is -0.495 e. The van der Waals surface area contributed by atoms with Crippen molar-refractivity contribution in [1.82, 2.24) is 5.32 Å². The van der Waals surface area contributed by atoms with Crippen molar-refractivity contribution in [2.45, 2.75) is 6.54 Å². The van der Waals surface area contributed by atoms with Crippen LogP contribution < -0.4 is 15.8 Å². The van der Waals surface area contributed by atoms with E-state index in [0.29, 0.717) is 17.5 Å². The van der Waals surface area contributed by atoms with Crippen molar-refractivity contribution in [3.05, 3.63) is 59.2 Å². The molecule has 0 atom stereocenters. The summed E-state index contributed by atoms with van der Waals surface area (Å²) in [4.78, 5) is 11.8. The van der Waals surface area contributed by atoms with E-state index >= 15 is 0 Å². The monoisotopic (exact) mass is 292 g/mol. The van der Waals surface area contributed by atoms with Gasteiger partial charge in [-0.2, -0.15) is 0 Å². The van der Waals surface area contributed by atoms with Crippen molar-refractivity contribution in [3.8, 4) is 5.75 Å². The summed E-state index contributed by atoms with van der Waals surface area (Å²) in [5.41, 5.74) is 6.72. The predicted octanol–water partition coefficient (Wildman–Crippen LogP) is 2.49. The molecule has 0 aromatic heterocycles. The van der Waals surface area contributed by atoms with Gasteiger partial charge in [0.15, 0.2) is 0 Å². The Morgan fingerprint density at radius 2 is 2.00 bits per heavy atom. The lowest BCUT2D eigenvalue weighted by Crippen LogP contribution is -2.24. The van der Waals surface area contributed by atoms with Crippen molar-refractivity contribution in [3.63, 3.8) is 0 Å². The smallest absolute Gasteiger partial charge is 0.254 e. The van der Waals surface area contributed by atoms with Gasteiger partial charge in [-0.05, 0) is 29.8 Å². The number of anilines is 1. The molecular formula is C15H14F2N2O2. The average molecular weight is 292 g/mol. The molecule has 4 nitrogen and oxygen atoms in total. The minimum absolute atomic E-state index is 0.170. The third-order valence-electron chi connectivity index (χ3n) is 2.92. The molecular weight excluding hydrogens is 278 g/mol. The molecule has 0 spiro atoms. The van der Waals surface area contributed by atoms with Gasteiger partial charge in [-0.25, -0.2) is 8.78 Å². The Kier molecular flexibility index (Phi) is 4.37. The number of benzene rings is 2. The molecule has 0 fully saturated rings. The third-order valence-corrected chi connectivity index (χ3v) is 2.92. The predicted molar refractivity (Wildman–Crippen MR) is 74.9 cm³/mol. The van der Waals surface area contributed by atoms with E-state index in [0.717, 1.165) is 17.7 Å². The fourth-order valence-electron chi connectivity index (χ4n) is 1.84. The lowest BCUT2D eigenvalue weighted by atomic mass is 10.1. The molecule has 2 aromatic rings. The number of nitrogens with one attached hydrogen (secondary N) is 1. The van der Waals surface area contributed by atoms with Crippen LogP contribution in [-0.2, 0) is 6.54 Å². The number of hydrogen-bond acceptors (Lipinski definition) is 3. The molecule has 2 rings (SSSR count). The fraction of sp³-hybridized carbons (Fsp3) is 0.133. The maximum absolute atomic E-state index is 13.5. The standard InChI is InChI=1S/C15H14F2N2O2/c1-21-14-5-2-9(6-13(14)18)8-19-15(20)11-4-3-10(16)7-12(11)17/h2-7H,8,18H2,1H3,(H,19,20). The van der Waals surface area contributed by atoms with Gasteiger partial charge in [0.25, 0.3) is 5.91 Å². The molecule has 0 aliphatic rings. The molecule has 3 N–H and O–H groups in total. The maximum Gasteiger partial charge on any atom is 0.254 e. The molecule has 6 heteroatoms. The first-order valence-corrected chi connectivity index (χ1v) is 6.17. The van der Waals surface area contributed by atoms with Gasteiger partial charge in [0, 0.05) is 12.6 Å². The summed E-state index contributed by atoms with van der Waals surface area (Å²) in [5.74, 6) is -1.72. The zero-order valence-corrected chi connectivity index (χ0v) is 11.3. The number of hydrogen-bond donors (Lipinski definition) is 2. The first-order valence-electron chi connectivity index (χ1n) is 6.17. The van der Waals surface area contributed by atoms with Crippen LogP contribution in [-0.4, -0.2) is 13.0 Å². The van der Waals surface area contributed by atoms with E-state index in [1.165, 1.54) is 7.11 Å². The van der Waals surface area contributed by atoms with Gasteiger partial charge in [0.1, 0.15) is 17.4 Å². The van der Waals surface area contributed by atoms with E-state index in [2.05, 4.69) is 5.32 Å². The average Bonchev–Trinajstić information content (AvgIpc) is 2.45. The Morgan fingerprint density at radius 1 is 1.24 bits per heavy atom. The van der Waals surface area contributed by atoms with Crippen LogP contribution in [0.5, 0.6) is 5.75 Å². The zero-order chi connectivity index (χ0) is 15.4. The van der Waals surface area contributed by atoms with Crippen LogP contribution in [0.4, 0.5) is 14.5 Å². The lowest BCUT2D eigenvalue weighted by molar-refractivity contribution is 0.0947. The molecule has 0 bridgehead atoms. The highest BCUT2D eigenvalue weighted by atomic mass is 19.1. The van der Waals surface area contributed by atoms with E-state index in [-0.39, 0.29) is 12.1 Å². The fourth-order valence-corrected chi connectivity index (χ4v) is 1.84. The number of carbonyl (C=O) groups is 1. The minimum atomic E-state index is -0.901. The van der Waals surface area contributed by atoms with Crippen LogP contribution in [0.1, 0.15) is 15.9 Å². The van der Waals surface area contributed by atoms with Gasteiger partial charge in [-0.3, -0.25) is 4.79 Å².